The normalized spacial score (nSPS) is 11.5. The van der Waals surface area contributed by atoms with Crippen LogP contribution < -0.4 is 9.46 Å². The Kier molecular flexibility index (Phi) is 6.83. The molecule has 0 aliphatic heterocycles. The maximum absolute atomic E-state index is 12.2. The molecule has 0 atom stereocenters. The third-order valence-corrected chi connectivity index (χ3v) is 4.50. The molecule has 0 unspecified atom stereocenters. The molecule has 0 aromatic heterocycles. The molecule has 7 heteroatoms. The van der Waals surface area contributed by atoms with Gasteiger partial charge in [0.05, 0.1) is 12.0 Å². The van der Waals surface area contributed by atoms with Crippen molar-refractivity contribution in [3.05, 3.63) is 23.8 Å². The van der Waals surface area contributed by atoms with E-state index < -0.39 is 16.0 Å². The Bertz CT molecular complexity index is 610. The highest BCUT2D eigenvalue weighted by Gasteiger charge is 2.15. The topological polar surface area (TPSA) is 81.7 Å². The van der Waals surface area contributed by atoms with Crippen LogP contribution in [0.3, 0.4) is 0 Å². The average molecular weight is 329 g/mol. The first kappa shape index (κ1) is 18.4. The molecule has 0 amide bonds. The van der Waals surface area contributed by atoms with E-state index in [0.717, 1.165) is 6.42 Å². The maximum Gasteiger partial charge on any atom is 0.343 e. The van der Waals surface area contributed by atoms with Gasteiger partial charge >= 0.3 is 5.97 Å². The number of esters is 1. The fourth-order valence-electron chi connectivity index (χ4n) is 1.71. The molecule has 0 aliphatic carbocycles. The molecule has 124 valence electrons. The summed E-state index contributed by atoms with van der Waals surface area (Å²) in [6.45, 7) is 5.98. The summed E-state index contributed by atoms with van der Waals surface area (Å²) in [4.78, 5) is 11.2. The van der Waals surface area contributed by atoms with Gasteiger partial charge in [0.15, 0.2) is 6.61 Å². The van der Waals surface area contributed by atoms with Gasteiger partial charge in [-0.1, -0.05) is 13.8 Å². The van der Waals surface area contributed by atoms with Crippen LogP contribution in [0.25, 0.3) is 0 Å². The van der Waals surface area contributed by atoms with E-state index in [1.54, 1.807) is 6.92 Å². The Morgan fingerprint density at radius 3 is 2.55 bits per heavy atom. The van der Waals surface area contributed by atoms with Crippen LogP contribution in [0.2, 0.25) is 0 Å². The number of ether oxygens (including phenoxy) is 2. The molecule has 22 heavy (non-hydrogen) atoms. The van der Waals surface area contributed by atoms with E-state index in [9.17, 15) is 13.2 Å². The molecule has 1 aromatic carbocycles. The van der Waals surface area contributed by atoms with Crippen LogP contribution >= 0.6 is 0 Å². The Hall–Kier alpha value is -1.60. The summed E-state index contributed by atoms with van der Waals surface area (Å²) in [5.74, 6) is 0.386. The molecule has 0 radical (unpaired) electrons. The highest BCUT2D eigenvalue weighted by Crippen LogP contribution is 2.21. The number of methoxy groups -OCH3 is 1. The summed E-state index contributed by atoms with van der Waals surface area (Å²) in [6, 6.07) is 4.51. The number of nitrogens with one attached hydrogen (secondary N) is 1. The predicted octanol–water partition coefficient (Wildman–Crippen LogP) is 1.87. The van der Waals surface area contributed by atoms with E-state index in [-0.39, 0.29) is 11.5 Å². The average Bonchev–Trinajstić information content (AvgIpc) is 2.44. The summed E-state index contributed by atoms with van der Waals surface area (Å²) >= 11 is 0. The van der Waals surface area contributed by atoms with E-state index in [2.05, 4.69) is 9.46 Å². The molecule has 6 nitrogen and oxygen atoms in total. The predicted molar refractivity (Wildman–Crippen MR) is 83.3 cm³/mol. The number of hydrogen-bond acceptors (Lipinski definition) is 5. The van der Waals surface area contributed by atoms with E-state index >= 15 is 0 Å². The summed E-state index contributed by atoms with van der Waals surface area (Å²) < 4.78 is 36.7. The Labute approximate surface area is 131 Å². The number of carbonyl (C=O) groups is 1. The van der Waals surface area contributed by atoms with Gasteiger partial charge < -0.3 is 9.47 Å². The van der Waals surface area contributed by atoms with Crippen LogP contribution in [0.5, 0.6) is 5.75 Å². The fraction of sp³-hybridized carbons (Fsp3) is 0.533. The van der Waals surface area contributed by atoms with Crippen LogP contribution in [0.15, 0.2) is 23.1 Å². The van der Waals surface area contributed by atoms with Crippen LogP contribution in [0.1, 0.15) is 25.8 Å². The zero-order valence-corrected chi connectivity index (χ0v) is 14.2. The molecule has 0 spiro atoms. The van der Waals surface area contributed by atoms with E-state index in [4.69, 9.17) is 4.74 Å². The lowest BCUT2D eigenvalue weighted by molar-refractivity contribution is -0.142. The number of benzene rings is 1. The van der Waals surface area contributed by atoms with Gasteiger partial charge in [0.25, 0.3) is 0 Å². The molecule has 1 aromatic rings. The number of rotatable bonds is 8. The van der Waals surface area contributed by atoms with Crippen LogP contribution in [0.4, 0.5) is 0 Å². The molecule has 1 N–H and O–H groups in total. The second-order valence-corrected chi connectivity index (χ2v) is 7.14. The van der Waals surface area contributed by atoms with Gasteiger partial charge in [-0.25, -0.2) is 17.9 Å². The lowest BCUT2D eigenvalue weighted by atomic mass is 10.1. The standard InChI is InChI=1S/C15H23NO5S/c1-11(2)7-8-16-22(18,19)13-5-6-14(12(3)9-13)21-10-15(17)20-4/h5-6,9,11,16H,7-8,10H2,1-4H3. The molecular formula is C15H23NO5S. The first-order valence-electron chi connectivity index (χ1n) is 7.06. The third kappa shape index (κ3) is 5.65. The summed E-state index contributed by atoms with van der Waals surface area (Å²) in [7, 11) is -2.25. The fourth-order valence-corrected chi connectivity index (χ4v) is 2.84. The van der Waals surface area contributed by atoms with E-state index in [0.29, 0.717) is 23.8 Å². The van der Waals surface area contributed by atoms with E-state index in [1.165, 1.54) is 25.3 Å². The molecule has 0 fully saturated rings. The zero-order valence-electron chi connectivity index (χ0n) is 13.4. The minimum absolute atomic E-state index is 0.180. The van der Waals surface area contributed by atoms with Crippen LogP contribution in [-0.4, -0.2) is 34.6 Å². The van der Waals surface area contributed by atoms with Gasteiger partial charge in [-0.15, -0.1) is 0 Å². The number of hydrogen-bond donors (Lipinski definition) is 1. The number of aryl methyl sites for hydroxylation is 1. The van der Waals surface area contributed by atoms with Crippen LogP contribution in [0, 0.1) is 12.8 Å². The van der Waals surface area contributed by atoms with Gasteiger partial charge in [-0.2, -0.15) is 0 Å². The quantitative estimate of drug-likeness (QED) is 0.736. The molecule has 0 heterocycles. The highest BCUT2D eigenvalue weighted by molar-refractivity contribution is 7.89. The van der Waals surface area contributed by atoms with Crippen molar-refractivity contribution in [3.63, 3.8) is 0 Å². The molecule has 1 rings (SSSR count). The largest absolute Gasteiger partial charge is 0.482 e. The lowest BCUT2D eigenvalue weighted by Gasteiger charge is -2.11. The smallest absolute Gasteiger partial charge is 0.343 e. The second kappa shape index (κ2) is 8.14. The lowest BCUT2D eigenvalue weighted by Crippen LogP contribution is -2.25. The summed E-state index contributed by atoms with van der Waals surface area (Å²) in [5.41, 5.74) is 0.635. The third-order valence-electron chi connectivity index (χ3n) is 3.04. The minimum atomic E-state index is -3.53. The van der Waals surface area contributed by atoms with Crippen LogP contribution in [-0.2, 0) is 19.6 Å². The Morgan fingerprint density at radius 2 is 2.00 bits per heavy atom. The molecule has 0 bridgehead atoms. The Morgan fingerprint density at radius 1 is 1.32 bits per heavy atom. The second-order valence-electron chi connectivity index (χ2n) is 5.37. The number of sulfonamides is 1. The molecular weight excluding hydrogens is 306 g/mol. The Balaban J connectivity index is 2.77. The highest BCUT2D eigenvalue weighted by atomic mass is 32.2. The first-order valence-corrected chi connectivity index (χ1v) is 8.54. The SMILES string of the molecule is COC(=O)COc1ccc(S(=O)(=O)NCCC(C)C)cc1C. The van der Waals surface area contributed by atoms with Crippen molar-refractivity contribution in [1.29, 1.82) is 0 Å². The van der Waals surface area contributed by atoms with Crippen molar-refractivity contribution in [1.82, 2.24) is 4.72 Å². The minimum Gasteiger partial charge on any atom is -0.482 e. The zero-order chi connectivity index (χ0) is 16.8. The van der Waals surface area contributed by atoms with Crippen molar-refractivity contribution in [3.8, 4) is 5.75 Å². The van der Waals surface area contributed by atoms with Crippen molar-refractivity contribution in [2.24, 2.45) is 5.92 Å². The molecule has 0 saturated heterocycles. The summed E-state index contributed by atoms with van der Waals surface area (Å²) in [5, 5.41) is 0. The van der Waals surface area contributed by atoms with Gasteiger partial charge in [-0.05, 0) is 43.0 Å². The first-order chi connectivity index (χ1) is 10.3. The van der Waals surface area contributed by atoms with Gasteiger partial charge in [0, 0.05) is 6.54 Å². The van der Waals surface area contributed by atoms with Crippen molar-refractivity contribution >= 4 is 16.0 Å². The maximum atomic E-state index is 12.2. The van der Waals surface area contributed by atoms with Crippen molar-refractivity contribution < 1.29 is 22.7 Å². The monoisotopic (exact) mass is 329 g/mol. The molecule has 0 aliphatic rings. The summed E-state index contributed by atoms with van der Waals surface area (Å²) in [6.07, 6.45) is 0.776. The van der Waals surface area contributed by atoms with Crippen molar-refractivity contribution in [2.75, 3.05) is 20.3 Å². The number of carbonyl (C=O) groups excluding carboxylic acids is 1. The van der Waals surface area contributed by atoms with Gasteiger partial charge in [0.1, 0.15) is 5.75 Å². The van der Waals surface area contributed by atoms with E-state index in [1.807, 2.05) is 13.8 Å². The van der Waals surface area contributed by atoms with Gasteiger partial charge in [-0.3, -0.25) is 0 Å². The van der Waals surface area contributed by atoms with Crippen molar-refractivity contribution in [2.45, 2.75) is 32.1 Å². The molecule has 0 saturated carbocycles. The van der Waals surface area contributed by atoms with Gasteiger partial charge in [0.2, 0.25) is 10.0 Å².